The zero-order valence-electron chi connectivity index (χ0n) is 11.0. The zero-order chi connectivity index (χ0) is 12.5. The van der Waals surface area contributed by atoms with Crippen LogP contribution in [0, 0.1) is 0 Å². The van der Waals surface area contributed by atoms with Crippen molar-refractivity contribution in [3.63, 3.8) is 0 Å². The first-order valence-corrected chi connectivity index (χ1v) is 6.98. The fourth-order valence-corrected chi connectivity index (χ4v) is 3.07. The van der Waals surface area contributed by atoms with Gasteiger partial charge in [0, 0.05) is 37.4 Å². The molecule has 96 valence electrons. The van der Waals surface area contributed by atoms with Crippen LogP contribution in [0.3, 0.4) is 0 Å². The topological polar surface area (TPSA) is 23.6 Å². The Morgan fingerprint density at radius 2 is 1.94 bits per heavy atom. The van der Waals surface area contributed by atoms with Gasteiger partial charge in [-0.1, -0.05) is 0 Å². The molecule has 0 saturated carbocycles. The summed E-state index contributed by atoms with van der Waals surface area (Å²) >= 11 is 0. The minimum Gasteiger partial charge on any atom is -0.372 e. The van der Waals surface area contributed by atoms with Crippen molar-refractivity contribution in [2.24, 2.45) is 0 Å². The summed E-state index contributed by atoms with van der Waals surface area (Å²) in [7, 11) is 0. The van der Waals surface area contributed by atoms with Gasteiger partial charge in [-0.2, -0.15) is 0 Å². The van der Waals surface area contributed by atoms with Crippen molar-refractivity contribution >= 4 is 17.3 Å². The number of benzene rings is 1. The van der Waals surface area contributed by atoms with Gasteiger partial charge >= 0.3 is 0 Å². The average molecular weight is 244 g/mol. The van der Waals surface area contributed by atoms with Crippen molar-refractivity contribution in [2.75, 3.05) is 29.4 Å². The van der Waals surface area contributed by atoms with E-state index in [0.29, 0.717) is 6.42 Å². The summed E-state index contributed by atoms with van der Waals surface area (Å²) in [6.45, 7) is 5.17. The molecule has 0 bridgehead atoms. The van der Waals surface area contributed by atoms with Crippen LogP contribution in [-0.2, 0) is 11.2 Å². The summed E-state index contributed by atoms with van der Waals surface area (Å²) in [4.78, 5) is 16.2. The van der Waals surface area contributed by atoms with Crippen molar-refractivity contribution in [1.82, 2.24) is 0 Å². The first-order chi connectivity index (χ1) is 8.79. The molecule has 2 heterocycles. The number of carbonyl (C=O) groups is 1. The molecule has 0 aliphatic carbocycles. The number of carbonyl (C=O) groups excluding carboxylic acids is 1. The Balaban J connectivity index is 1.93. The van der Waals surface area contributed by atoms with Crippen molar-refractivity contribution in [2.45, 2.75) is 32.6 Å². The second kappa shape index (κ2) is 4.63. The lowest BCUT2D eigenvalue weighted by Gasteiger charge is -2.30. The summed E-state index contributed by atoms with van der Waals surface area (Å²) < 4.78 is 0. The first-order valence-electron chi connectivity index (χ1n) is 6.98. The molecule has 3 nitrogen and oxygen atoms in total. The quantitative estimate of drug-likeness (QED) is 0.798. The summed E-state index contributed by atoms with van der Waals surface area (Å²) in [6.07, 6.45) is 4.16. The molecule has 2 aliphatic heterocycles. The maximum Gasteiger partial charge on any atom is 0.227 e. The van der Waals surface area contributed by atoms with E-state index in [9.17, 15) is 4.79 Å². The second-order valence-electron chi connectivity index (χ2n) is 5.15. The van der Waals surface area contributed by atoms with E-state index in [1.165, 1.54) is 37.2 Å². The van der Waals surface area contributed by atoms with Crippen molar-refractivity contribution < 1.29 is 4.79 Å². The number of amides is 1. The Morgan fingerprint density at radius 1 is 1.17 bits per heavy atom. The molecule has 0 aromatic heterocycles. The van der Waals surface area contributed by atoms with Crippen molar-refractivity contribution in [1.29, 1.82) is 0 Å². The molecule has 0 unspecified atom stereocenters. The van der Waals surface area contributed by atoms with Crippen molar-refractivity contribution in [3.05, 3.63) is 23.8 Å². The van der Waals surface area contributed by atoms with Gasteiger partial charge in [0.2, 0.25) is 5.91 Å². The highest BCUT2D eigenvalue weighted by Gasteiger charge is 2.23. The number of hydrogen-bond acceptors (Lipinski definition) is 2. The Morgan fingerprint density at radius 3 is 2.67 bits per heavy atom. The summed E-state index contributed by atoms with van der Waals surface area (Å²) in [5.41, 5.74) is 3.79. The van der Waals surface area contributed by atoms with E-state index < -0.39 is 0 Å². The molecular formula is C15H20N2O. The van der Waals surface area contributed by atoms with Crippen LogP contribution in [0.5, 0.6) is 0 Å². The maximum atomic E-state index is 11.8. The van der Waals surface area contributed by atoms with E-state index >= 15 is 0 Å². The number of fused-ring (bicyclic) bond motifs is 1. The smallest absolute Gasteiger partial charge is 0.227 e. The highest BCUT2D eigenvalue weighted by Crippen LogP contribution is 2.32. The minimum absolute atomic E-state index is 0.263. The van der Waals surface area contributed by atoms with Crippen LogP contribution in [0.1, 0.15) is 31.7 Å². The van der Waals surface area contributed by atoms with Gasteiger partial charge in [0.15, 0.2) is 0 Å². The van der Waals surface area contributed by atoms with Gasteiger partial charge in [-0.15, -0.1) is 0 Å². The van der Waals surface area contributed by atoms with Crippen LogP contribution in [0.4, 0.5) is 11.4 Å². The predicted octanol–water partition coefficient (Wildman–Crippen LogP) is 2.59. The molecular weight excluding hydrogens is 224 g/mol. The maximum absolute atomic E-state index is 11.8. The number of anilines is 2. The molecule has 3 heteroatoms. The Labute approximate surface area is 108 Å². The molecule has 0 spiro atoms. The lowest BCUT2D eigenvalue weighted by atomic mass is 10.00. The van der Waals surface area contributed by atoms with E-state index in [1.54, 1.807) is 0 Å². The predicted molar refractivity (Wildman–Crippen MR) is 74.2 cm³/mol. The van der Waals surface area contributed by atoms with Gasteiger partial charge < -0.3 is 9.80 Å². The normalized spacial score (nSPS) is 19.3. The molecule has 1 saturated heterocycles. The number of hydrogen-bond donors (Lipinski definition) is 0. The molecule has 0 radical (unpaired) electrons. The van der Waals surface area contributed by atoms with E-state index in [0.717, 1.165) is 18.7 Å². The van der Waals surface area contributed by atoms with Gasteiger partial charge in [-0.3, -0.25) is 4.79 Å². The molecule has 2 aliphatic rings. The lowest BCUT2D eigenvalue weighted by Crippen LogP contribution is -2.34. The highest BCUT2D eigenvalue weighted by molar-refractivity contribution is 5.96. The van der Waals surface area contributed by atoms with Gasteiger partial charge in [-0.05, 0) is 49.9 Å². The summed E-state index contributed by atoms with van der Waals surface area (Å²) in [5.74, 6) is 0.263. The second-order valence-corrected chi connectivity index (χ2v) is 5.15. The van der Waals surface area contributed by atoms with E-state index in [1.807, 2.05) is 11.8 Å². The first kappa shape index (κ1) is 11.6. The largest absolute Gasteiger partial charge is 0.372 e. The SMILES string of the molecule is CCN1C(=O)CCc2cc(N3CCCC3)ccc21. The van der Waals surface area contributed by atoms with Crippen LogP contribution in [0.15, 0.2) is 18.2 Å². The van der Waals surface area contributed by atoms with Crippen LogP contribution in [-0.4, -0.2) is 25.5 Å². The Hall–Kier alpha value is -1.51. The molecule has 18 heavy (non-hydrogen) atoms. The van der Waals surface area contributed by atoms with Crippen LogP contribution < -0.4 is 9.80 Å². The monoisotopic (exact) mass is 244 g/mol. The molecule has 1 aromatic rings. The van der Waals surface area contributed by atoms with E-state index in [2.05, 4.69) is 23.1 Å². The number of aryl methyl sites for hydroxylation is 1. The van der Waals surface area contributed by atoms with Crippen LogP contribution >= 0.6 is 0 Å². The van der Waals surface area contributed by atoms with Crippen LogP contribution in [0.25, 0.3) is 0 Å². The number of rotatable bonds is 2. The Kier molecular flexibility index (Phi) is 2.98. The third-order valence-electron chi connectivity index (χ3n) is 4.05. The molecule has 0 N–H and O–H groups in total. The van der Waals surface area contributed by atoms with Crippen LogP contribution in [0.2, 0.25) is 0 Å². The third kappa shape index (κ3) is 1.88. The highest BCUT2D eigenvalue weighted by atomic mass is 16.2. The molecule has 0 atom stereocenters. The van der Waals surface area contributed by atoms with Gasteiger partial charge in [0.25, 0.3) is 0 Å². The van der Waals surface area contributed by atoms with E-state index in [4.69, 9.17) is 0 Å². The number of nitrogens with zero attached hydrogens (tertiary/aromatic N) is 2. The summed E-state index contributed by atoms with van der Waals surface area (Å²) in [6, 6.07) is 6.59. The van der Waals surface area contributed by atoms with E-state index in [-0.39, 0.29) is 5.91 Å². The van der Waals surface area contributed by atoms with Gasteiger partial charge in [0.1, 0.15) is 0 Å². The Bertz CT molecular complexity index is 464. The molecule has 3 rings (SSSR count). The standard InChI is InChI=1S/C15H20N2O/c1-2-17-14-7-6-13(16-9-3-4-10-16)11-12(14)5-8-15(17)18/h6-7,11H,2-5,8-10H2,1H3. The van der Waals surface area contributed by atoms with Gasteiger partial charge in [0.05, 0.1) is 0 Å². The average Bonchev–Trinajstić information content (AvgIpc) is 2.92. The third-order valence-corrected chi connectivity index (χ3v) is 4.05. The molecule has 1 aromatic carbocycles. The minimum atomic E-state index is 0.263. The zero-order valence-corrected chi connectivity index (χ0v) is 11.0. The fourth-order valence-electron chi connectivity index (χ4n) is 3.07. The fraction of sp³-hybridized carbons (Fsp3) is 0.533. The van der Waals surface area contributed by atoms with Gasteiger partial charge in [-0.25, -0.2) is 0 Å². The molecule has 1 fully saturated rings. The van der Waals surface area contributed by atoms with Crippen molar-refractivity contribution in [3.8, 4) is 0 Å². The summed E-state index contributed by atoms with van der Waals surface area (Å²) in [5, 5.41) is 0. The molecule has 1 amide bonds. The lowest BCUT2D eigenvalue weighted by molar-refractivity contribution is -0.118.